The van der Waals surface area contributed by atoms with Gasteiger partial charge in [-0.25, -0.2) is 0 Å². The van der Waals surface area contributed by atoms with Crippen LogP contribution >= 0.6 is 11.3 Å². The van der Waals surface area contributed by atoms with E-state index in [0.717, 1.165) is 45.7 Å². The van der Waals surface area contributed by atoms with Crippen molar-refractivity contribution < 1.29 is 9.59 Å². The Morgan fingerprint density at radius 1 is 1.21 bits per heavy atom. The van der Waals surface area contributed by atoms with Crippen LogP contribution < -0.4 is 10.6 Å². The quantitative estimate of drug-likeness (QED) is 0.781. The van der Waals surface area contributed by atoms with E-state index in [2.05, 4.69) is 27.0 Å². The summed E-state index contributed by atoms with van der Waals surface area (Å²) in [5.74, 6) is 0.0656. The molecule has 0 radical (unpaired) electrons. The summed E-state index contributed by atoms with van der Waals surface area (Å²) in [7, 11) is 0. The standard InChI is InChI=1S/C17H26N4O2S/c22-16(19-7-11-20-9-5-18-6-10-20)1-2-17(23)21-8-3-15-14(13-21)4-12-24-15/h4,12,18H,1-3,5-11,13H2,(H,19,22). The first-order valence-corrected chi connectivity index (χ1v) is 9.63. The summed E-state index contributed by atoms with van der Waals surface area (Å²) in [4.78, 5) is 29.8. The number of nitrogens with zero attached hydrogens (tertiary/aromatic N) is 2. The molecule has 132 valence electrons. The van der Waals surface area contributed by atoms with Crippen molar-refractivity contribution >= 4 is 23.2 Å². The maximum atomic E-state index is 12.3. The molecule has 0 saturated carbocycles. The molecule has 2 aliphatic heterocycles. The zero-order valence-corrected chi connectivity index (χ0v) is 14.9. The van der Waals surface area contributed by atoms with Gasteiger partial charge >= 0.3 is 0 Å². The lowest BCUT2D eigenvalue weighted by atomic mass is 10.1. The highest BCUT2D eigenvalue weighted by Gasteiger charge is 2.21. The van der Waals surface area contributed by atoms with Crippen molar-refractivity contribution in [3.8, 4) is 0 Å². The number of carbonyl (C=O) groups is 2. The summed E-state index contributed by atoms with van der Waals surface area (Å²) in [6.07, 6.45) is 1.53. The first-order chi connectivity index (χ1) is 11.7. The fourth-order valence-corrected chi connectivity index (χ4v) is 4.11. The average molecular weight is 350 g/mol. The van der Waals surface area contributed by atoms with E-state index in [-0.39, 0.29) is 18.2 Å². The van der Waals surface area contributed by atoms with E-state index < -0.39 is 0 Å². The Bertz CT molecular complexity index is 569. The van der Waals surface area contributed by atoms with E-state index in [9.17, 15) is 9.59 Å². The SMILES string of the molecule is O=C(CCC(=O)N1CCc2sccc2C1)NCCN1CCNCC1. The van der Waals surface area contributed by atoms with Gasteiger partial charge in [0.05, 0.1) is 0 Å². The lowest BCUT2D eigenvalue weighted by Crippen LogP contribution is -2.46. The molecule has 24 heavy (non-hydrogen) atoms. The Hall–Kier alpha value is -1.44. The number of nitrogens with one attached hydrogen (secondary N) is 2. The van der Waals surface area contributed by atoms with Gasteiger partial charge in [-0.1, -0.05) is 0 Å². The van der Waals surface area contributed by atoms with Gasteiger partial charge in [-0.3, -0.25) is 14.5 Å². The number of fused-ring (bicyclic) bond motifs is 1. The van der Waals surface area contributed by atoms with Gasteiger partial charge in [-0.05, 0) is 23.4 Å². The van der Waals surface area contributed by atoms with Crippen LogP contribution in [0.2, 0.25) is 0 Å². The molecule has 0 unspecified atom stereocenters. The molecule has 1 aromatic heterocycles. The topological polar surface area (TPSA) is 64.7 Å². The third-order valence-electron chi connectivity index (χ3n) is 4.69. The van der Waals surface area contributed by atoms with E-state index in [1.165, 1.54) is 10.4 Å². The van der Waals surface area contributed by atoms with Gasteiger partial charge in [-0.15, -0.1) is 11.3 Å². The average Bonchev–Trinajstić information content (AvgIpc) is 3.08. The maximum absolute atomic E-state index is 12.3. The van der Waals surface area contributed by atoms with Crippen LogP contribution in [0, 0.1) is 0 Å². The summed E-state index contributed by atoms with van der Waals surface area (Å²) < 4.78 is 0. The number of rotatable bonds is 6. The number of amides is 2. The predicted molar refractivity (Wildman–Crippen MR) is 95.0 cm³/mol. The number of hydrogen-bond donors (Lipinski definition) is 2. The molecule has 7 heteroatoms. The summed E-state index contributed by atoms with van der Waals surface area (Å²) in [5, 5.41) is 8.33. The first kappa shape index (κ1) is 17.4. The molecule has 2 aliphatic rings. The van der Waals surface area contributed by atoms with Crippen LogP contribution in [0.5, 0.6) is 0 Å². The van der Waals surface area contributed by atoms with Crippen LogP contribution in [0.1, 0.15) is 23.3 Å². The van der Waals surface area contributed by atoms with Gasteiger partial charge in [-0.2, -0.15) is 0 Å². The van der Waals surface area contributed by atoms with Crippen LogP contribution in [-0.4, -0.2) is 67.4 Å². The fourth-order valence-electron chi connectivity index (χ4n) is 3.22. The summed E-state index contributed by atoms with van der Waals surface area (Å²) >= 11 is 1.77. The van der Waals surface area contributed by atoms with Gasteiger partial charge in [0.2, 0.25) is 11.8 Å². The van der Waals surface area contributed by atoms with Gasteiger partial charge in [0.1, 0.15) is 0 Å². The lowest BCUT2D eigenvalue weighted by Gasteiger charge is -2.27. The van der Waals surface area contributed by atoms with Crippen LogP contribution in [-0.2, 0) is 22.6 Å². The van der Waals surface area contributed by atoms with Crippen molar-refractivity contribution in [2.45, 2.75) is 25.8 Å². The van der Waals surface area contributed by atoms with Crippen molar-refractivity contribution in [2.75, 3.05) is 45.8 Å². The molecule has 1 saturated heterocycles. The zero-order chi connectivity index (χ0) is 16.8. The number of carbonyl (C=O) groups excluding carboxylic acids is 2. The molecule has 3 rings (SSSR count). The Labute approximate surface area is 147 Å². The third-order valence-corrected chi connectivity index (χ3v) is 5.71. The zero-order valence-electron chi connectivity index (χ0n) is 14.1. The van der Waals surface area contributed by atoms with Crippen LogP contribution in [0.3, 0.4) is 0 Å². The van der Waals surface area contributed by atoms with Crippen molar-refractivity contribution in [3.05, 3.63) is 21.9 Å². The Kier molecular flexibility index (Phi) is 6.23. The molecule has 0 aromatic carbocycles. The van der Waals surface area contributed by atoms with E-state index in [4.69, 9.17) is 0 Å². The highest BCUT2D eigenvalue weighted by molar-refractivity contribution is 7.10. The molecular formula is C17H26N4O2S. The summed E-state index contributed by atoms with van der Waals surface area (Å²) in [5.41, 5.74) is 1.26. The highest BCUT2D eigenvalue weighted by Crippen LogP contribution is 2.24. The second kappa shape index (κ2) is 8.60. The Morgan fingerprint density at radius 2 is 2.04 bits per heavy atom. The van der Waals surface area contributed by atoms with Crippen LogP contribution in [0.25, 0.3) is 0 Å². The molecule has 2 N–H and O–H groups in total. The smallest absolute Gasteiger partial charge is 0.223 e. The van der Waals surface area contributed by atoms with Gasteiger partial charge < -0.3 is 15.5 Å². The normalized spacial score (nSPS) is 18.2. The number of thiophene rings is 1. The first-order valence-electron chi connectivity index (χ1n) is 8.75. The Morgan fingerprint density at radius 3 is 2.88 bits per heavy atom. The monoisotopic (exact) mass is 350 g/mol. The van der Waals surface area contributed by atoms with Crippen LogP contribution in [0.15, 0.2) is 11.4 Å². The maximum Gasteiger partial charge on any atom is 0.223 e. The summed E-state index contributed by atoms with van der Waals surface area (Å²) in [6, 6.07) is 2.10. The minimum atomic E-state index is -0.0216. The van der Waals surface area contributed by atoms with E-state index in [0.29, 0.717) is 19.5 Å². The number of piperazine rings is 1. The predicted octanol–water partition coefficient (Wildman–Crippen LogP) is 0.434. The van der Waals surface area contributed by atoms with E-state index in [1.54, 1.807) is 11.3 Å². The summed E-state index contributed by atoms with van der Waals surface area (Å²) in [6.45, 7) is 7.12. The number of hydrogen-bond acceptors (Lipinski definition) is 5. The molecule has 0 atom stereocenters. The second-order valence-corrected chi connectivity index (χ2v) is 7.38. The minimum absolute atomic E-state index is 0.0216. The largest absolute Gasteiger partial charge is 0.355 e. The van der Waals surface area contributed by atoms with Crippen molar-refractivity contribution in [1.82, 2.24) is 20.4 Å². The minimum Gasteiger partial charge on any atom is -0.355 e. The molecule has 0 spiro atoms. The molecule has 3 heterocycles. The van der Waals surface area contributed by atoms with Crippen LogP contribution in [0.4, 0.5) is 0 Å². The van der Waals surface area contributed by atoms with Crippen molar-refractivity contribution in [1.29, 1.82) is 0 Å². The lowest BCUT2D eigenvalue weighted by molar-refractivity contribution is -0.134. The van der Waals surface area contributed by atoms with Gasteiger partial charge in [0.25, 0.3) is 0 Å². The van der Waals surface area contributed by atoms with E-state index >= 15 is 0 Å². The third kappa shape index (κ3) is 4.78. The molecule has 1 aromatic rings. The van der Waals surface area contributed by atoms with Crippen molar-refractivity contribution in [3.63, 3.8) is 0 Å². The second-order valence-electron chi connectivity index (χ2n) is 6.38. The molecule has 1 fully saturated rings. The van der Waals surface area contributed by atoms with E-state index in [1.807, 2.05) is 4.90 Å². The van der Waals surface area contributed by atoms with Crippen molar-refractivity contribution in [2.24, 2.45) is 0 Å². The van der Waals surface area contributed by atoms with Gasteiger partial charge in [0.15, 0.2) is 0 Å². The molecular weight excluding hydrogens is 324 g/mol. The molecule has 2 amide bonds. The molecule has 0 aliphatic carbocycles. The highest BCUT2D eigenvalue weighted by atomic mass is 32.1. The Balaban J connectivity index is 1.32. The van der Waals surface area contributed by atoms with Gasteiger partial charge in [0, 0.05) is 70.1 Å². The molecule has 6 nitrogen and oxygen atoms in total. The molecule has 0 bridgehead atoms. The fraction of sp³-hybridized carbons (Fsp3) is 0.647.